The molecule has 2 aromatic rings. The molecule has 0 aliphatic rings. The van der Waals surface area contributed by atoms with E-state index in [4.69, 9.17) is 14.2 Å². The van der Waals surface area contributed by atoms with Crippen molar-refractivity contribution in [2.75, 3.05) is 13.2 Å². The normalized spacial score (nSPS) is 9.85. The highest BCUT2D eigenvalue weighted by atomic mass is 16.5. The number of aryl methyl sites for hydroxylation is 1. The second-order valence-corrected chi connectivity index (χ2v) is 4.20. The highest BCUT2D eigenvalue weighted by Gasteiger charge is 1.97. The van der Waals surface area contributed by atoms with Crippen molar-refractivity contribution in [3.8, 4) is 17.2 Å². The molecule has 2 aromatic carbocycles. The number of ether oxygens (including phenoxy) is 3. The van der Waals surface area contributed by atoms with Crippen LogP contribution in [0.4, 0.5) is 0 Å². The summed E-state index contributed by atoms with van der Waals surface area (Å²) in [7, 11) is 0. The van der Waals surface area contributed by atoms with Crippen molar-refractivity contribution in [1.29, 1.82) is 0 Å². The fourth-order valence-electron chi connectivity index (χ4n) is 1.62. The first kappa shape index (κ1) is 13.9. The molecule has 0 fully saturated rings. The molecule has 20 heavy (non-hydrogen) atoms. The van der Waals surface area contributed by atoms with E-state index in [0.29, 0.717) is 31.2 Å². The molecule has 0 saturated heterocycles. The van der Waals surface area contributed by atoms with Crippen molar-refractivity contribution in [2.24, 2.45) is 0 Å². The van der Waals surface area contributed by atoms with E-state index in [0.717, 1.165) is 5.75 Å². The van der Waals surface area contributed by atoms with Gasteiger partial charge in [-0.25, -0.2) is 0 Å². The predicted molar refractivity (Wildman–Crippen MR) is 75.3 cm³/mol. The van der Waals surface area contributed by atoms with Crippen molar-refractivity contribution < 1.29 is 19.0 Å². The van der Waals surface area contributed by atoms with Crippen molar-refractivity contribution in [3.63, 3.8) is 0 Å². The van der Waals surface area contributed by atoms with E-state index in [1.54, 1.807) is 24.3 Å². The summed E-state index contributed by atoms with van der Waals surface area (Å²) in [6, 6.07) is 14.7. The van der Waals surface area contributed by atoms with Crippen molar-refractivity contribution in [3.05, 3.63) is 54.1 Å². The molecule has 0 aliphatic carbocycles. The zero-order chi connectivity index (χ0) is 14.2. The van der Waals surface area contributed by atoms with Crippen LogP contribution in [-0.2, 0) is 4.79 Å². The van der Waals surface area contributed by atoms with Crippen LogP contribution < -0.4 is 14.2 Å². The number of carbonyl (C=O) groups is 1. The molecule has 0 N–H and O–H groups in total. The minimum Gasteiger partial charge on any atom is -0.490 e. The Morgan fingerprint density at radius 3 is 1.75 bits per heavy atom. The summed E-state index contributed by atoms with van der Waals surface area (Å²) < 4.78 is 15.8. The topological polar surface area (TPSA) is 44.8 Å². The van der Waals surface area contributed by atoms with E-state index >= 15 is 0 Å². The number of hydrogen-bond acceptors (Lipinski definition) is 4. The second-order valence-electron chi connectivity index (χ2n) is 4.20. The van der Waals surface area contributed by atoms with Gasteiger partial charge in [-0.05, 0) is 43.3 Å². The SMILES string of the molecule is Cc1ccc(OCCOc2ccc(OC=O)cc2)cc1. The summed E-state index contributed by atoms with van der Waals surface area (Å²) in [5.41, 5.74) is 1.20. The quantitative estimate of drug-likeness (QED) is 0.574. The highest BCUT2D eigenvalue weighted by Crippen LogP contribution is 2.17. The van der Waals surface area contributed by atoms with Gasteiger partial charge in [0.2, 0.25) is 0 Å². The lowest BCUT2D eigenvalue weighted by Crippen LogP contribution is -2.08. The first-order valence-electron chi connectivity index (χ1n) is 6.30. The average molecular weight is 272 g/mol. The monoisotopic (exact) mass is 272 g/mol. The van der Waals surface area contributed by atoms with Crippen LogP contribution in [0.15, 0.2) is 48.5 Å². The summed E-state index contributed by atoms with van der Waals surface area (Å²) in [6.07, 6.45) is 0. The maximum atomic E-state index is 10.2. The molecule has 0 bridgehead atoms. The molecule has 0 unspecified atom stereocenters. The first-order chi connectivity index (χ1) is 9.78. The average Bonchev–Trinajstić information content (AvgIpc) is 2.47. The maximum Gasteiger partial charge on any atom is 0.298 e. The van der Waals surface area contributed by atoms with Crippen LogP contribution in [0.25, 0.3) is 0 Å². The van der Waals surface area contributed by atoms with E-state index in [-0.39, 0.29) is 0 Å². The third-order valence-electron chi connectivity index (χ3n) is 2.65. The zero-order valence-electron chi connectivity index (χ0n) is 11.2. The number of carbonyl (C=O) groups excluding carboxylic acids is 1. The van der Waals surface area contributed by atoms with Crippen LogP contribution in [0, 0.1) is 6.92 Å². The summed E-state index contributed by atoms with van der Waals surface area (Å²) in [6.45, 7) is 3.34. The molecule has 0 radical (unpaired) electrons. The Bertz CT molecular complexity index is 531. The number of benzene rings is 2. The van der Waals surface area contributed by atoms with Gasteiger partial charge >= 0.3 is 0 Å². The molecule has 0 heterocycles. The lowest BCUT2D eigenvalue weighted by atomic mass is 10.2. The largest absolute Gasteiger partial charge is 0.490 e. The summed E-state index contributed by atoms with van der Waals surface area (Å²) in [5, 5.41) is 0. The fourth-order valence-corrected chi connectivity index (χ4v) is 1.62. The first-order valence-corrected chi connectivity index (χ1v) is 6.30. The van der Waals surface area contributed by atoms with Crippen LogP contribution in [0.2, 0.25) is 0 Å². The summed E-state index contributed by atoms with van der Waals surface area (Å²) in [4.78, 5) is 10.2. The molecule has 0 aromatic heterocycles. The summed E-state index contributed by atoms with van der Waals surface area (Å²) in [5.74, 6) is 2.02. The fraction of sp³-hybridized carbons (Fsp3) is 0.188. The van der Waals surface area contributed by atoms with Gasteiger partial charge in [0.05, 0.1) is 0 Å². The van der Waals surface area contributed by atoms with Crippen LogP contribution in [0.3, 0.4) is 0 Å². The summed E-state index contributed by atoms with van der Waals surface area (Å²) >= 11 is 0. The van der Waals surface area contributed by atoms with Crippen molar-refractivity contribution >= 4 is 6.47 Å². The minimum absolute atomic E-state index is 0.394. The van der Waals surface area contributed by atoms with Gasteiger partial charge in [0.15, 0.2) is 0 Å². The van der Waals surface area contributed by atoms with E-state index in [1.165, 1.54) is 5.56 Å². The Morgan fingerprint density at radius 2 is 1.25 bits per heavy atom. The van der Waals surface area contributed by atoms with Gasteiger partial charge in [0, 0.05) is 0 Å². The molecule has 104 valence electrons. The molecule has 0 atom stereocenters. The lowest BCUT2D eigenvalue weighted by molar-refractivity contribution is -0.120. The molecule has 2 rings (SSSR count). The van der Waals surface area contributed by atoms with Crippen molar-refractivity contribution in [2.45, 2.75) is 6.92 Å². The third kappa shape index (κ3) is 4.31. The predicted octanol–water partition coefficient (Wildman–Crippen LogP) is 2.99. The Morgan fingerprint density at radius 1 is 0.800 bits per heavy atom. The van der Waals surface area contributed by atoms with Gasteiger partial charge < -0.3 is 14.2 Å². The van der Waals surface area contributed by atoms with E-state index in [2.05, 4.69) is 0 Å². The molecule has 4 heteroatoms. The Hall–Kier alpha value is -2.49. The highest BCUT2D eigenvalue weighted by molar-refractivity contribution is 5.45. The van der Waals surface area contributed by atoms with Gasteiger partial charge in [-0.2, -0.15) is 0 Å². The zero-order valence-corrected chi connectivity index (χ0v) is 11.2. The smallest absolute Gasteiger partial charge is 0.298 e. The van der Waals surface area contributed by atoms with E-state index < -0.39 is 0 Å². The van der Waals surface area contributed by atoms with Gasteiger partial charge in [-0.15, -0.1) is 0 Å². The third-order valence-corrected chi connectivity index (χ3v) is 2.65. The Balaban J connectivity index is 1.72. The van der Waals surface area contributed by atoms with Gasteiger partial charge in [-0.1, -0.05) is 17.7 Å². The number of hydrogen-bond donors (Lipinski definition) is 0. The standard InChI is InChI=1S/C16H16O4/c1-13-2-4-14(5-3-13)18-10-11-19-15-6-8-16(9-7-15)20-12-17/h2-9,12H,10-11H2,1H3. The molecule has 0 aliphatic heterocycles. The molecule has 0 spiro atoms. The van der Waals surface area contributed by atoms with Crippen LogP contribution in [0.5, 0.6) is 17.2 Å². The van der Waals surface area contributed by atoms with Crippen molar-refractivity contribution in [1.82, 2.24) is 0 Å². The number of rotatable bonds is 7. The lowest BCUT2D eigenvalue weighted by Gasteiger charge is -2.08. The second kappa shape index (κ2) is 7.19. The molecule has 4 nitrogen and oxygen atoms in total. The van der Waals surface area contributed by atoms with Crippen LogP contribution >= 0.6 is 0 Å². The molecular weight excluding hydrogens is 256 g/mol. The molecule has 0 amide bonds. The van der Waals surface area contributed by atoms with E-state index in [1.807, 2.05) is 31.2 Å². The van der Waals surface area contributed by atoms with Crippen LogP contribution in [-0.4, -0.2) is 19.7 Å². The minimum atomic E-state index is 0.394. The maximum absolute atomic E-state index is 10.2. The van der Waals surface area contributed by atoms with Gasteiger partial charge in [-0.3, -0.25) is 4.79 Å². The van der Waals surface area contributed by atoms with E-state index in [9.17, 15) is 4.79 Å². The Labute approximate surface area is 117 Å². The van der Waals surface area contributed by atoms with Gasteiger partial charge in [0.1, 0.15) is 30.5 Å². The van der Waals surface area contributed by atoms with Crippen LogP contribution in [0.1, 0.15) is 5.56 Å². The molecular formula is C16H16O4. The van der Waals surface area contributed by atoms with Gasteiger partial charge in [0.25, 0.3) is 6.47 Å². The molecule has 0 saturated carbocycles. The Kier molecular flexibility index (Phi) is 5.00.